The molecular weight excluding hydrogens is 360 g/mol. The lowest BCUT2D eigenvalue weighted by atomic mass is 9.69. The summed E-state index contributed by atoms with van der Waals surface area (Å²) in [5.74, 6) is 4.21. The zero-order valence-corrected chi connectivity index (χ0v) is 18.5. The molecule has 29 heavy (non-hydrogen) atoms. The van der Waals surface area contributed by atoms with E-state index < -0.39 is 0 Å². The molecule has 3 nitrogen and oxygen atoms in total. The molecule has 3 rings (SSSR count). The topological polar surface area (TPSA) is 35.5 Å². The van der Waals surface area contributed by atoms with E-state index >= 15 is 0 Å². The molecule has 2 aliphatic rings. The van der Waals surface area contributed by atoms with Gasteiger partial charge in [0.2, 0.25) is 0 Å². The van der Waals surface area contributed by atoms with Gasteiger partial charge in [0.25, 0.3) is 0 Å². The van der Waals surface area contributed by atoms with Gasteiger partial charge in [0.1, 0.15) is 11.5 Å². The van der Waals surface area contributed by atoms with Gasteiger partial charge in [-0.15, -0.1) is 0 Å². The Hall–Kier alpha value is -1.51. The maximum absolute atomic E-state index is 12.6. The second-order valence-electron chi connectivity index (χ2n) is 9.25. The van der Waals surface area contributed by atoms with Crippen molar-refractivity contribution in [2.75, 3.05) is 6.61 Å². The number of esters is 1. The molecule has 0 unspecified atom stereocenters. The van der Waals surface area contributed by atoms with E-state index in [1.807, 2.05) is 24.3 Å². The van der Waals surface area contributed by atoms with Crippen molar-refractivity contribution in [3.05, 3.63) is 24.3 Å². The van der Waals surface area contributed by atoms with Crippen LogP contribution in [0.3, 0.4) is 0 Å². The lowest BCUT2D eigenvalue weighted by Crippen LogP contribution is -2.30. The van der Waals surface area contributed by atoms with E-state index in [2.05, 4.69) is 13.8 Å². The highest BCUT2D eigenvalue weighted by molar-refractivity contribution is 5.75. The molecule has 1 aromatic rings. The Labute approximate surface area is 177 Å². The Kier molecular flexibility index (Phi) is 8.89. The van der Waals surface area contributed by atoms with Gasteiger partial charge >= 0.3 is 5.97 Å². The monoisotopic (exact) mass is 400 g/mol. The fourth-order valence-corrected chi connectivity index (χ4v) is 5.24. The molecule has 0 atom stereocenters. The summed E-state index contributed by atoms with van der Waals surface area (Å²) in [6, 6.07) is 7.51. The smallest absolute Gasteiger partial charge is 0.314 e. The third-order valence-corrected chi connectivity index (χ3v) is 7.30. The van der Waals surface area contributed by atoms with E-state index in [0.717, 1.165) is 49.4 Å². The SMILES string of the molecule is CCCCCOc1ccc(OC(=O)C2CCC(C3CCC(CC)CC3)CC2)cc1. The van der Waals surface area contributed by atoms with Crippen LogP contribution < -0.4 is 9.47 Å². The van der Waals surface area contributed by atoms with Gasteiger partial charge in [0.15, 0.2) is 0 Å². The molecule has 3 heteroatoms. The van der Waals surface area contributed by atoms with Crippen LogP contribution in [0.1, 0.15) is 90.9 Å². The van der Waals surface area contributed by atoms with Gasteiger partial charge in [-0.1, -0.05) is 46.0 Å². The van der Waals surface area contributed by atoms with E-state index in [1.54, 1.807) is 0 Å². The summed E-state index contributed by atoms with van der Waals surface area (Å²) < 4.78 is 11.4. The Morgan fingerprint density at radius 2 is 1.41 bits per heavy atom. The molecule has 2 saturated carbocycles. The van der Waals surface area contributed by atoms with Gasteiger partial charge in [0.05, 0.1) is 12.5 Å². The maximum Gasteiger partial charge on any atom is 0.314 e. The third-order valence-electron chi connectivity index (χ3n) is 7.30. The maximum atomic E-state index is 12.6. The van der Waals surface area contributed by atoms with Crippen molar-refractivity contribution in [1.29, 1.82) is 0 Å². The first-order chi connectivity index (χ1) is 14.2. The van der Waals surface area contributed by atoms with Crippen molar-refractivity contribution in [3.63, 3.8) is 0 Å². The summed E-state index contributed by atoms with van der Waals surface area (Å²) in [6.07, 6.45) is 14.9. The number of unbranched alkanes of at least 4 members (excludes halogenated alkanes) is 2. The van der Waals surface area contributed by atoms with Crippen LogP contribution in [0.5, 0.6) is 11.5 Å². The van der Waals surface area contributed by atoms with Crippen molar-refractivity contribution in [1.82, 2.24) is 0 Å². The van der Waals surface area contributed by atoms with Crippen LogP contribution >= 0.6 is 0 Å². The van der Waals surface area contributed by atoms with Crippen molar-refractivity contribution in [3.8, 4) is 11.5 Å². The van der Waals surface area contributed by atoms with Crippen LogP contribution in [0, 0.1) is 23.7 Å². The fourth-order valence-electron chi connectivity index (χ4n) is 5.24. The molecule has 0 aromatic heterocycles. The minimum absolute atomic E-state index is 0.0465. The Morgan fingerprint density at radius 3 is 2.00 bits per heavy atom. The van der Waals surface area contributed by atoms with Crippen LogP contribution in [-0.2, 0) is 4.79 Å². The van der Waals surface area contributed by atoms with Crippen molar-refractivity contribution >= 4 is 5.97 Å². The number of rotatable bonds is 9. The second-order valence-corrected chi connectivity index (χ2v) is 9.25. The van der Waals surface area contributed by atoms with Gasteiger partial charge < -0.3 is 9.47 Å². The van der Waals surface area contributed by atoms with Gasteiger partial charge in [0, 0.05) is 0 Å². The summed E-state index contributed by atoms with van der Waals surface area (Å²) in [7, 11) is 0. The minimum atomic E-state index is -0.0465. The molecule has 0 amide bonds. The summed E-state index contributed by atoms with van der Waals surface area (Å²) in [5.41, 5.74) is 0. The molecule has 0 aliphatic heterocycles. The Bertz CT molecular complexity index is 593. The molecule has 2 aliphatic carbocycles. The number of hydrogen-bond acceptors (Lipinski definition) is 3. The summed E-state index contributed by atoms with van der Waals surface area (Å²) in [4.78, 5) is 12.6. The lowest BCUT2D eigenvalue weighted by Gasteiger charge is -2.37. The van der Waals surface area contributed by atoms with Crippen LogP contribution in [0.4, 0.5) is 0 Å². The number of carbonyl (C=O) groups is 1. The summed E-state index contributed by atoms with van der Waals surface area (Å²) >= 11 is 0. The highest BCUT2D eigenvalue weighted by Gasteiger charge is 2.33. The van der Waals surface area contributed by atoms with Gasteiger partial charge in [-0.3, -0.25) is 4.79 Å². The van der Waals surface area contributed by atoms with E-state index in [9.17, 15) is 4.79 Å². The average Bonchev–Trinajstić information content (AvgIpc) is 2.78. The van der Waals surface area contributed by atoms with Gasteiger partial charge in [-0.05, 0) is 87.0 Å². The molecule has 0 heterocycles. The summed E-state index contributed by atoms with van der Waals surface area (Å²) in [5, 5.41) is 0. The van der Waals surface area contributed by atoms with Crippen LogP contribution in [-0.4, -0.2) is 12.6 Å². The molecule has 0 spiro atoms. The summed E-state index contributed by atoms with van der Waals surface area (Å²) in [6.45, 7) is 5.26. The molecule has 0 N–H and O–H groups in total. The number of benzene rings is 1. The van der Waals surface area contributed by atoms with Crippen molar-refractivity contribution in [2.45, 2.75) is 90.9 Å². The standard InChI is InChI=1S/C26H40O3/c1-3-5-6-19-28-24-15-17-25(18-16-24)29-26(27)23-13-11-22(12-14-23)21-9-7-20(4-2)8-10-21/h15-18,20-23H,3-14,19H2,1-2H3. The predicted molar refractivity (Wildman–Crippen MR) is 118 cm³/mol. The first-order valence-corrected chi connectivity index (χ1v) is 12.1. The first-order valence-electron chi connectivity index (χ1n) is 12.1. The minimum Gasteiger partial charge on any atom is -0.494 e. The molecule has 2 fully saturated rings. The van der Waals surface area contributed by atoms with E-state index in [-0.39, 0.29) is 11.9 Å². The largest absolute Gasteiger partial charge is 0.494 e. The Balaban J connectivity index is 1.38. The zero-order chi connectivity index (χ0) is 20.5. The van der Waals surface area contributed by atoms with Crippen LogP contribution in [0.2, 0.25) is 0 Å². The number of carbonyl (C=O) groups excluding carboxylic acids is 1. The number of hydrogen-bond donors (Lipinski definition) is 0. The number of ether oxygens (including phenoxy) is 2. The molecule has 0 radical (unpaired) electrons. The van der Waals surface area contributed by atoms with E-state index in [4.69, 9.17) is 9.47 Å². The Morgan fingerprint density at radius 1 is 0.828 bits per heavy atom. The first kappa shape index (κ1) is 22.2. The molecule has 1 aromatic carbocycles. The van der Waals surface area contributed by atoms with E-state index in [0.29, 0.717) is 5.75 Å². The third kappa shape index (κ3) is 6.76. The molecule has 0 saturated heterocycles. The van der Waals surface area contributed by atoms with Crippen LogP contribution in [0.15, 0.2) is 24.3 Å². The molecule has 0 bridgehead atoms. The normalized spacial score (nSPS) is 27.4. The molecule has 162 valence electrons. The predicted octanol–water partition coefficient (Wildman–Crippen LogP) is 7.18. The van der Waals surface area contributed by atoms with Crippen LogP contribution in [0.25, 0.3) is 0 Å². The van der Waals surface area contributed by atoms with Gasteiger partial charge in [-0.2, -0.15) is 0 Å². The molecular formula is C26H40O3. The van der Waals surface area contributed by atoms with Crippen molar-refractivity contribution < 1.29 is 14.3 Å². The highest BCUT2D eigenvalue weighted by Crippen LogP contribution is 2.42. The fraction of sp³-hybridized carbons (Fsp3) is 0.731. The lowest BCUT2D eigenvalue weighted by molar-refractivity contribution is -0.140. The van der Waals surface area contributed by atoms with Gasteiger partial charge in [-0.25, -0.2) is 0 Å². The zero-order valence-electron chi connectivity index (χ0n) is 18.5. The quantitative estimate of drug-likeness (QED) is 0.250. The average molecular weight is 401 g/mol. The highest BCUT2D eigenvalue weighted by atomic mass is 16.5. The second kappa shape index (κ2) is 11.6. The van der Waals surface area contributed by atoms with Crippen molar-refractivity contribution in [2.24, 2.45) is 23.7 Å². The van der Waals surface area contributed by atoms with E-state index in [1.165, 1.54) is 57.8 Å².